The first-order chi connectivity index (χ1) is 14.0. The summed E-state index contributed by atoms with van der Waals surface area (Å²) < 4.78 is 13.0. The van der Waals surface area contributed by atoms with Crippen LogP contribution < -0.4 is 14.8 Å². The molecule has 0 aliphatic rings. The highest BCUT2D eigenvalue weighted by molar-refractivity contribution is 5.80. The standard InChI is InChI=1S/C22H28N4O3/c1-5-28-19-12-11-16(13-20(19)29-6-2)22(15(3)4)23-21(27)14-26-18-10-8-7-9-17(18)24-25-26/h7-13,15,22H,5-6,14H2,1-4H3,(H,23,27). The van der Waals surface area contributed by atoms with Crippen molar-refractivity contribution in [2.24, 2.45) is 5.92 Å². The highest BCUT2D eigenvalue weighted by Crippen LogP contribution is 2.33. The van der Waals surface area contributed by atoms with Crippen molar-refractivity contribution in [2.75, 3.05) is 13.2 Å². The Hall–Kier alpha value is -3.09. The molecule has 154 valence electrons. The van der Waals surface area contributed by atoms with E-state index < -0.39 is 0 Å². The number of aromatic nitrogens is 3. The van der Waals surface area contributed by atoms with Crippen molar-refractivity contribution in [3.05, 3.63) is 48.0 Å². The van der Waals surface area contributed by atoms with Crippen molar-refractivity contribution < 1.29 is 14.3 Å². The van der Waals surface area contributed by atoms with Gasteiger partial charge in [-0.3, -0.25) is 4.79 Å². The molecular formula is C22H28N4O3. The normalized spacial score (nSPS) is 12.2. The largest absolute Gasteiger partial charge is 0.490 e. The van der Waals surface area contributed by atoms with E-state index in [4.69, 9.17) is 9.47 Å². The van der Waals surface area contributed by atoms with Crippen LogP contribution in [0, 0.1) is 5.92 Å². The SMILES string of the molecule is CCOc1ccc(C(NC(=O)Cn2nnc3ccccc32)C(C)C)cc1OCC. The molecule has 7 nitrogen and oxygen atoms in total. The minimum absolute atomic E-state index is 0.110. The summed E-state index contributed by atoms with van der Waals surface area (Å²) in [7, 11) is 0. The van der Waals surface area contributed by atoms with Crippen LogP contribution in [0.5, 0.6) is 11.5 Å². The van der Waals surface area contributed by atoms with Crippen molar-refractivity contribution in [3.63, 3.8) is 0 Å². The Morgan fingerprint density at radius 1 is 1.07 bits per heavy atom. The first-order valence-corrected chi connectivity index (χ1v) is 10.0. The molecular weight excluding hydrogens is 368 g/mol. The van der Waals surface area contributed by atoms with Gasteiger partial charge in [0, 0.05) is 0 Å². The number of nitrogens with one attached hydrogen (secondary N) is 1. The predicted molar refractivity (Wildman–Crippen MR) is 112 cm³/mol. The number of hydrogen-bond acceptors (Lipinski definition) is 5. The van der Waals surface area contributed by atoms with Gasteiger partial charge in [-0.15, -0.1) is 5.10 Å². The summed E-state index contributed by atoms with van der Waals surface area (Å²) in [5.74, 6) is 1.47. The Balaban J connectivity index is 1.79. The fraction of sp³-hybridized carbons (Fsp3) is 0.409. The van der Waals surface area contributed by atoms with Gasteiger partial charge in [0.1, 0.15) is 12.1 Å². The zero-order valence-corrected chi connectivity index (χ0v) is 17.4. The topological polar surface area (TPSA) is 78.3 Å². The first-order valence-electron chi connectivity index (χ1n) is 10.0. The summed E-state index contributed by atoms with van der Waals surface area (Å²) in [6.07, 6.45) is 0. The van der Waals surface area contributed by atoms with Gasteiger partial charge in [0.05, 0.1) is 24.8 Å². The van der Waals surface area contributed by atoms with Gasteiger partial charge < -0.3 is 14.8 Å². The van der Waals surface area contributed by atoms with Crippen LogP contribution in [-0.2, 0) is 11.3 Å². The molecule has 0 saturated heterocycles. The molecule has 0 radical (unpaired) electrons. The number of carbonyl (C=O) groups is 1. The van der Waals surface area contributed by atoms with Crippen LogP contribution in [0.4, 0.5) is 0 Å². The molecule has 1 N–H and O–H groups in total. The van der Waals surface area contributed by atoms with Gasteiger partial charge in [-0.1, -0.05) is 37.3 Å². The van der Waals surface area contributed by atoms with E-state index in [9.17, 15) is 4.79 Å². The second-order valence-electron chi connectivity index (χ2n) is 7.10. The molecule has 0 aliphatic carbocycles. The second kappa shape index (κ2) is 9.41. The van der Waals surface area contributed by atoms with E-state index in [0.29, 0.717) is 24.7 Å². The molecule has 3 aromatic rings. The molecule has 0 fully saturated rings. The second-order valence-corrected chi connectivity index (χ2v) is 7.10. The third-order valence-electron chi connectivity index (χ3n) is 4.62. The quantitative estimate of drug-likeness (QED) is 0.596. The van der Waals surface area contributed by atoms with E-state index >= 15 is 0 Å². The molecule has 29 heavy (non-hydrogen) atoms. The first kappa shape index (κ1) is 20.6. The summed E-state index contributed by atoms with van der Waals surface area (Å²) in [6, 6.07) is 13.3. The predicted octanol–water partition coefficient (Wildman–Crippen LogP) is 3.74. The Morgan fingerprint density at radius 2 is 1.79 bits per heavy atom. The molecule has 1 aromatic heterocycles. The van der Waals surface area contributed by atoms with E-state index in [2.05, 4.69) is 29.5 Å². The van der Waals surface area contributed by atoms with Gasteiger partial charge in [0.15, 0.2) is 11.5 Å². The Kier molecular flexibility index (Phi) is 6.69. The molecule has 3 rings (SSSR count). The third-order valence-corrected chi connectivity index (χ3v) is 4.62. The minimum atomic E-state index is -0.160. The lowest BCUT2D eigenvalue weighted by molar-refractivity contribution is -0.122. The summed E-state index contributed by atoms with van der Waals surface area (Å²) in [5.41, 5.74) is 2.58. The highest BCUT2D eigenvalue weighted by Gasteiger charge is 2.21. The monoisotopic (exact) mass is 396 g/mol. The van der Waals surface area contributed by atoms with Crippen LogP contribution in [0.15, 0.2) is 42.5 Å². The Morgan fingerprint density at radius 3 is 2.52 bits per heavy atom. The number of carbonyl (C=O) groups excluding carboxylic acids is 1. The lowest BCUT2D eigenvalue weighted by atomic mass is 9.95. The fourth-order valence-electron chi connectivity index (χ4n) is 3.29. The van der Waals surface area contributed by atoms with Gasteiger partial charge in [-0.2, -0.15) is 0 Å². The smallest absolute Gasteiger partial charge is 0.242 e. The van der Waals surface area contributed by atoms with Crippen LogP contribution in [0.25, 0.3) is 11.0 Å². The van der Waals surface area contributed by atoms with Gasteiger partial charge in [0.2, 0.25) is 5.91 Å². The minimum Gasteiger partial charge on any atom is -0.490 e. The van der Waals surface area contributed by atoms with Gasteiger partial charge in [-0.05, 0) is 49.6 Å². The summed E-state index contributed by atoms with van der Waals surface area (Å²) in [5, 5.41) is 11.3. The molecule has 1 unspecified atom stereocenters. The maximum atomic E-state index is 12.8. The molecule has 2 aromatic carbocycles. The number of nitrogens with zero attached hydrogens (tertiary/aromatic N) is 3. The zero-order valence-electron chi connectivity index (χ0n) is 17.4. The van der Waals surface area contributed by atoms with E-state index in [1.165, 1.54) is 0 Å². The number of para-hydroxylation sites is 1. The van der Waals surface area contributed by atoms with Crippen LogP contribution >= 0.6 is 0 Å². The summed E-state index contributed by atoms with van der Waals surface area (Å²) in [6.45, 7) is 9.25. The number of hydrogen-bond donors (Lipinski definition) is 1. The zero-order chi connectivity index (χ0) is 20.8. The molecule has 0 spiro atoms. The van der Waals surface area contributed by atoms with E-state index in [1.54, 1.807) is 4.68 Å². The molecule has 7 heteroatoms. The van der Waals surface area contributed by atoms with Crippen molar-refractivity contribution in [3.8, 4) is 11.5 Å². The van der Waals surface area contributed by atoms with Crippen molar-refractivity contribution in [1.82, 2.24) is 20.3 Å². The summed E-state index contributed by atoms with van der Waals surface area (Å²) >= 11 is 0. The van der Waals surface area contributed by atoms with Crippen LogP contribution in [0.2, 0.25) is 0 Å². The highest BCUT2D eigenvalue weighted by atomic mass is 16.5. The number of benzene rings is 2. The number of amides is 1. The lowest BCUT2D eigenvalue weighted by Crippen LogP contribution is -2.34. The summed E-state index contributed by atoms with van der Waals surface area (Å²) in [4.78, 5) is 12.8. The number of ether oxygens (including phenoxy) is 2. The van der Waals surface area contributed by atoms with Crippen LogP contribution in [0.3, 0.4) is 0 Å². The maximum Gasteiger partial charge on any atom is 0.242 e. The van der Waals surface area contributed by atoms with E-state index in [1.807, 2.05) is 56.3 Å². The third kappa shape index (κ3) is 4.85. The molecule has 1 heterocycles. The van der Waals surface area contributed by atoms with Crippen molar-refractivity contribution in [2.45, 2.75) is 40.3 Å². The van der Waals surface area contributed by atoms with Crippen molar-refractivity contribution in [1.29, 1.82) is 0 Å². The average Bonchev–Trinajstić information content (AvgIpc) is 3.10. The number of fused-ring (bicyclic) bond motifs is 1. The molecule has 1 amide bonds. The van der Waals surface area contributed by atoms with Gasteiger partial charge in [-0.25, -0.2) is 4.68 Å². The fourth-order valence-corrected chi connectivity index (χ4v) is 3.29. The van der Waals surface area contributed by atoms with E-state index in [-0.39, 0.29) is 24.4 Å². The molecule has 0 saturated carbocycles. The van der Waals surface area contributed by atoms with Crippen molar-refractivity contribution >= 4 is 16.9 Å². The maximum absolute atomic E-state index is 12.8. The van der Waals surface area contributed by atoms with E-state index in [0.717, 1.165) is 16.6 Å². The molecule has 0 bridgehead atoms. The van der Waals surface area contributed by atoms with Gasteiger partial charge >= 0.3 is 0 Å². The molecule has 1 atom stereocenters. The van der Waals surface area contributed by atoms with Crippen LogP contribution in [0.1, 0.15) is 39.3 Å². The molecule has 0 aliphatic heterocycles. The number of rotatable bonds is 9. The average molecular weight is 396 g/mol. The Labute approximate surface area is 171 Å². The lowest BCUT2D eigenvalue weighted by Gasteiger charge is -2.24. The van der Waals surface area contributed by atoms with Gasteiger partial charge in [0.25, 0.3) is 0 Å². The van der Waals surface area contributed by atoms with Crippen LogP contribution in [-0.4, -0.2) is 34.1 Å². The Bertz CT molecular complexity index is 968.